The maximum absolute atomic E-state index is 11.1. The van der Waals surface area contributed by atoms with Gasteiger partial charge in [-0.25, -0.2) is 0 Å². The van der Waals surface area contributed by atoms with Crippen molar-refractivity contribution in [2.75, 3.05) is 47.0 Å². The van der Waals surface area contributed by atoms with E-state index in [9.17, 15) is 4.79 Å². The summed E-state index contributed by atoms with van der Waals surface area (Å²) < 4.78 is 16.2. The molecule has 0 aliphatic carbocycles. The molecule has 0 aromatic rings. The Hall–Kier alpha value is -0.610. The summed E-state index contributed by atoms with van der Waals surface area (Å²) in [5.74, 6) is 0.572. The smallest absolute Gasteiger partial charge is 0.307 e. The second kappa shape index (κ2) is 10.2. The zero-order valence-corrected chi connectivity index (χ0v) is 15.6. The van der Waals surface area contributed by atoms with Crippen LogP contribution in [0.2, 0.25) is 0 Å². The van der Waals surface area contributed by atoms with Crippen molar-refractivity contribution in [1.29, 1.82) is 0 Å². The molecule has 2 aliphatic rings. The highest BCUT2D eigenvalue weighted by Gasteiger charge is 2.32. The van der Waals surface area contributed by atoms with Gasteiger partial charge in [-0.3, -0.25) is 9.79 Å². The Bertz CT molecular complexity index is 375. The topological polar surface area (TPSA) is 72.4 Å². The molecule has 0 aromatic carbocycles. The van der Waals surface area contributed by atoms with Gasteiger partial charge < -0.3 is 24.4 Å². The number of aliphatic imine (C=N–C) groups is 1. The van der Waals surface area contributed by atoms with Crippen molar-refractivity contribution in [3.8, 4) is 0 Å². The zero-order chi connectivity index (χ0) is 15.1. The van der Waals surface area contributed by atoms with Gasteiger partial charge in [-0.1, -0.05) is 0 Å². The standard InChI is InChI=1S/C14H25N3O4.HI/c1-15-14(16-6-5-13(18)19-2)17-7-9-21-12(10-17)11-4-3-8-20-11;/h11-12H,3-10H2,1-2H3,(H,15,16);1H. The van der Waals surface area contributed by atoms with Crippen molar-refractivity contribution in [3.05, 3.63) is 0 Å². The van der Waals surface area contributed by atoms with Crippen LogP contribution in [0.4, 0.5) is 0 Å². The summed E-state index contributed by atoms with van der Waals surface area (Å²) >= 11 is 0. The van der Waals surface area contributed by atoms with Crippen molar-refractivity contribution in [1.82, 2.24) is 10.2 Å². The molecule has 128 valence electrons. The molecule has 8 heteroatoms. The Morgan fingerprint density at radius 2 is 2.14 bits per heavy atom. The van der Waals surface area contributed by atoms with Gasteiger partial charge in [0, 0.05) is 33.3 Å². The van der Waals surface area contributed by atoms with Gasteiger partial charge in [0.15, 0.2) is 5.96 Å². The number of hydrogen-bond donors (Lipinski definition) is 1. The van der Waals surface area contributed by atoms with E-state index in [0.29, 0.717) is 19.6 Å². The van der Waals surface area contributed by atoms with E-state index >= 15 is 0 Å². The first-order valence-corrected chi connectivity index (χ1v) is 7.50. The number of halogens is 1. The lowest BCUT2D eigenvalue weighted by Crippen LogP contribution is -2.53. The number of rotatable bonds is 4. The highest BCUT2D eigenvalue weighted by molar-refractivity contribution is 14.0. The van der Waals surface area contributed by atoms with E-state index in [2.05, 4.69) is 19.9 Å². The van der Waals surface area contributed by atoms with Crippen LogP contribution in [0.3, 0.4) is 0 Å². The van der Waals surface area contributed by atoms with Crippen molar-refractivity contribution < 1.29 is 19.0 Å². The summed E-state index contributed by atoms with van der Waals surface area (Å²) in [5, 5.41) is 3.19. The molecule has 2 fully saturated rings. The molecule has 2 saturated heterocycles. The monoisotopic (exact) mass is 427 g/mol. The summed E-state index contributed by atoms with van der Waals surface area (Å²) in [6.45, 7) is 3.57. The molecule has 0 aromatic heterocycles. The number of carbonyl (C=O) groups excluding carboxylic acids is 1. The van der Waals surface area contributed by atoms with Crippen LogP contribution in [-0.4, -0.2) is 76.0 Å². The molecule has 7 nitrogen and oxygen atoms in total. The molecule has 1 N–H and O–H groups in total. The Balaban J connectivity index is 0.00000242. The molecule has 0 bridgehead atoms. The molecule has 2 aliphatic heterocycles. The number of hydrogen-bond acceptors (Lipinski definition) is 5. The van der Waals surface area contributed by atoms with Gasteiger partial charge in [-0.05, 0) is 12.8 Å². The molecule has 2 rings (SSSR count). The lowest BCUT2D eigenvalue weighted by atomic mass is 10.1. The van der Waals surface area contributed by atoms with E-state index in [0.717, 1.165) is 38.5 Å². The summed E-state index contributed by atoms with van der Waals surface area (Å²) in [5.41, 5.74) is 0. The number of nitrogens with zero attached hydrogens (tertiary/aromatic N) is 2. The fraction of sp³-hybridized carbons (Fsp3) is 0.857. The average Bonchev–Trinajstić information content (AvgIpc) is 3.06. The molecule has 0 amide bonds. The number of morpholine rings is 1. The molecular weight excluding hydrogens is 401 g/mol. The van der Waals surface area contributed by atoms with Crippen molar-refractivity contribution in [3.63, 3.8) is 0 Å². The van der Waals surface area contributed by atoms with Gasteiger partial charge in [0.05, 0.1) is 26.2 Å². The molecule has 0 saturated carbocycles. The average molecular weight is 427 g/mol. The van der Waals surface area contributed by atoms with Crippen molar-refractivity contribution in [2.24, 2.45) is 4.99 Å². The van der Waals surface area contributed by atoms with Gasteiger partial charge in [0.25, 0.3) is 0 Å². The van der Waals surface area contributed by atoms with Crippen LogP contribution >= 0.6 is 24.0 Å². The van der Waals surface area contributed by atoms with Crippen LogP contribution in [0.1, 0.15) is 19.3 Å². The van der Waals surface area contributed by atoms with Gasteiger partial charge in [0.2, 0.25) is 0 Å². The lowest BCUT2D eigenvalue weighted by molar-refractivity contribution is -0.140. The maximum Gasteiger partial charge on any atom is 0.307 e. The van der Waals surface area contributed by atoms with Crippen molar-refractivity contribution in [2.45, 2.75) is 31.5 Å². The Kier molecular flexibility index (Phi) is 9.03. The first-order valence-electron chi connectivity index (χ1n) is 7.50. The van der Waals surface area contributed by atoms with Gasteiger partial charge in [-0.15, -0.1) is 24.0 Å². The molecule has 2 unspecified atom stereocenters. The number of ether oxygens (including phenoxy) is 3. The largest absolute Gasteiger partial charge is 0.469 e. The predicted octanol–water partition coefficient (Wildman–Crippen LogP) is 0.623. The van der Waals surface area contributed by atoms with Crippen LogP contribution in [0, 0.1) is 0 Å². The van der Waals surface area contributed by atoms with Crippen LogP contribution in [0.5, 0.6) is 0 Å². The second-order valence-electron chi connectivity index (χ2n) is 5.21. The number of nitrogens with one attached hydrogen (secondary N) is 1. The van der Waals surface area contributed by atoms with Crippen LogP contribution in [0.25, 0.3) is 0 Å². The lowest BCUT2D eigenvalue weighted by Gasteiger charge is -2.37. The van der Waals surface area contributed by atoms with Crippen LogP contribution in [0.15, 0.2) is 4.99 Å². The summed E-state index contributed by atoms with van der Waals surface area (Å²) in [7, 11) is 3.14. The molecule has 22 heavy (non-hydrogen) atoms. The number of methoxy groups -OCH3 is 1. The molecule has 0 spiro atoms. The Labute approximate surface area is 148 Å². The third kappa shape index (κ3) is 5.54. The minimum atomic E-state index is -0.225. The highest BCUT2D eigenvalue weighted by atomic mass is 127. The third-order valence-corrected chi connectivity index (χ3v) is 3.82. The van der Waals surface area contributed by atoms with Gasteiger partial charge in [-0.2, -0.15) is 0 Å². The highest BCUT2D eigenvalue weighted by Crippen LogP contribution is 2.20. The van der Waals surface area contributed by atoms with Crippen LogP contribution < -0.4 is 5.32 Å². The number of esters is 1. The third-order valence-electron chi connectivity index (χ3n) is 3.82. The van der Waals surface area contributed by atoms with E-state index in [1.54, 1.807) is 7.05 Å². The van der Waals surface area contributed by atoms with E-state index in [1.807, 2.05) is 0 Å². The fourth-order valence-corrected chi connectivity index (χ4v) is 2.70. The molecule has 0 radical (unpaired) electrons. The van der Waals surface area contributed by atoms with E-state index in [-0.39, 0.29) is 42.2 Å². The minimum Gasteiger partial charge on any atom is -0.469 e. The van der Waals surface area contributed by atoms with E-state index < -0.39 is 0 Å². The SMILES string of the molecule is CN=C(NCCC(=O)OC)N1CCOC(C2CCCO2)C1.I. The van der Waals surface area contributed by atoms with Crippen molar-refractivity contribution >= 4 is 35.9 Å². The molecular formula is C14H26IN3O4. The summed E-state index contributed by atoms with van der Waals surface area (Å²) in [4.78, 5) is 17.6. The fourth-order valence-electron chi connectivity index (χ4n) is 2.70. The molecule has 2 heterocycles. The predicted molar refractivity (Wildman–Crippen MR) is 93.7 cm³/mol. The summed E-state index contributed by atoms with van der Waals surface area (Å²) in [6.07, 6.45) is 2.79. The van der Waals surface area contributed by atoms with Gasteiger partial charge >= 0.3 is 5.97 Å². The number of guanidine groups is 1. The quantitative estimate of drug-likeness (QED) is 0.307. The summed E-state index contributed by atoms with van der Waals surface area (Å²) in [6, 6.07) is 0. The first-order chi connectivity index (χ1) is 10.2. The number of carbonyl (C=O) groups is 1. The van der Waals surface area contributed by atoms with Crippen LogP contribution in [-0.2, 0) is 19.0 Å². The second-order valence-corrected chi connectivity index (χ2v) is 5.21. The molecule has 2 atom stereocenters. The van der Waals surface area contributed by atoms with E-state index in [1.165, 1.54) is 7.11 Å². The Morgan fingerprint density at radius 3 is 2.77 bits per heavy atom. The first kappa shape index (κ1) is 19.4. The minimum absolute atomic E-state index is 0. The Morgan fingerprint density at radius 1 is 1.36 bits per heavy atom. The van der Waals surface area contributed by atoms with E-state index in [4.69, 9.17) is 9.47 Å². The normalized spacial score (nSPS) is 25.5. The zero-order valence-electron chi connectivity index (χ0n) is 13.2. The maximum atomic E-state index is 11.1. The van der Waals surface area contributed by atoms with Gasteiger partial charge in [0.1, 0.15) is 6.10 Å².